The Morgan fingerprint density at radius 1 is 0.304 bits per heavy atom. The highest BCUT2D eigenvalue weighted by Crippen LogP contribution is 2.60. The standard InChI is InChI=1S/C84H60B2N4S2/c1-83(2)65-47-59(87(53-27-11-5-12-28-53)54-29-13-6-14-30-54)43-45-61(65)63-49-73-79-81(77(63)83)90(58-37-21-10-22-38-58)71-41-25-23-39-67(71)85(79)69-51-70-75(52-72(69)89(73)57-35-19-9-20-36-57)91-76-50-64-62-46-44-60(88(55-31-15-7-16-32-55)56-33-17-8-18-34-56)48-66(62)84(3,4)78(64)82-80(76)86(70)68-40-24-26-42-74(68)92-82/h5-52H,1-4H3. The van der Waals surface area contributed by atoms with Crippen molar-refractivity contribution in [2.24, 2.45) is 0 Å². The normalized spacial score (nSPS) is 14.7. The van der Waals surface area contributed by atoms with E-state index in [1.165, 1.54) is 120 Å². The third-order valence-corrected chi connectivity index (χ3v) is 23.0. The number of rotatable bonds is 8. The van der Waals surface area contributed by atoms with Gasteiger partial charge in [0.1, 0.15) is 0 Å². The third kappa shape index (κ3) is 7.71. The lowest BCUT2D eigenvalue weighted by Crippen LogP contribution is -2.64. The van der Waals surface area contributed by atoms with E-state index in [2.05, 4.69) is 338 Å². The van der Waals surface area contributed by atoms with Gasteiger partial charge in [0.2, 0.25) is 6.71 Å². The highest BCUT2D eigenvalue weighted by atomic mass is 32.2. The molecule has 8 heteroatoms. The molecule has 0 unspecified atom stereocenters. The van der Waals surface area contributed by atoms with Crippen molar-refractivity contribution in [3.8, 4) is 22.3 Å². The Bertz CT molecular complexity index is 5120. The monoisotopic (exact) mass is 1210 g/mol. The molecule has 92 heavy (non-hydrogen) atoms. The zero-order valence-corrected chi connectivity index (χ0v) is 53.1. The van der Waals surface area contributed by atoms with Gasteiger partial charge < -0.3 is 19.6 Å². The molecule has 0 amide bonds. The summed E-state index contributed by atoms with van der Waals surface area (Å²) in [5.74, 6) is 0. The molecule has 4 aliphatic heterocycles. The largest absolute Gasteiger partial charge is 0.311 e. The summed E-state index contributed by atoms with van der Waals surface area (Å²) in [6, 6.07) is 109. The summed E-state index contributed by atoms with van der Waals surface area (Å²) in [6.45, 7) is 9.84. The third-order valence-electron chi connectivity index (χ3n) is 20.6. The average molecular weight is 1210 g/mol. The molecule has 4 heterocycles. The molecule has 0 saturated carbocycles. The summed E-state index contributed by atoms with van der Waals surface area (Å²) in [6.07, 6.45) is 0. The molecule has 19 rings (SSSR count). The molecule has 0 radical (unpaired) electrons. The molecule has 2 aliphatic carbocycles. The lowest BCUT2D eigenvalue weighted by molar-refractivity contribution is 0.647. The van der Waals surface area contributed by atoms with Gasteiger partial charge in [-0.25, -0.2) is 0 Å². The van der Waals surface area contributed by atoms with Gasteiger partial charge in [0.05, 0.1) is 0 Å². The van der Waals surface area contributed by atoms with Crippen LogP contribution >= 0.6 is 23.5 Å². The van der Waals surface area contributed by atoms with Crippen molar-refractivity contribution in [1.82, 2.24) is 0 Å². The number of hydrogen-bond donors (Lipinski definition) is 0. The Labute approximate surface area is 547 Å². The second kappa shape index (κ2) is 20.2. The van der Waals surface area contributed by atoms with Crippen LogP contribution in [0.4, 0.5) is 68.2 Å². The number of para-hydroxylation sites is 7. The van der Waals surface area contributed by atoms with Crippen molar-refractivity contribution in [2.75, 3.05) is 19.6 Å². The summed E-state index contributed by atoms with van der Waals surface area (Å²) in [5, 5.41) is 0. The Balaban J connectivity index is 0.836. The maximum Gasteiger partial charge on any atom is 0.252 e. The van der Waals surface area contributed by atoms with E-state index in [4.69, 9.17) is 0 Å². The molecule has 434 valence electrons. The maximum atomic E-state index is 2.69. The average Bonchev–Trinajstić information content (AvgIpc) is 1.17. The van der Waals surface area contributed by atoms with Gasteiger partial charge in [-0.1, -0.05) is 226 Å². The highest BCUT2D eigenvalue weighted by Gasteiger charge is 2.52. The predicted octanol–water partition coefficient (Wildman–Crippen LogP) is 18.8. The van der Waals surface area contributed by atoms with Crippen LogP contribution in [0.25, 0.3) is 22.3 Å². The fourth-order valence-corrected chi connectivity index (χ4v) is 19.5. The SMILES string of the molecule is CC1(C)c2cc(N(c3ccccc3)c3ccccc3)ccc2-c2cc3c4c(c21)Sc1ccccc1B4c1cc2c(cc1S3)N(c1ccccc1)c1cc3c(c4c1B2c1ccccc1N4c1ccccc1)C(C)(C)c1cc(N(c2ccccc2)c2ccccc2)ccc1-3. The van der Waals surface area contributed by atoms with Crippen LogP contribution in [0.15, 0.2) is 311 Å². The summed E-state index contributed by atoms with van der Waals surface area (Å²) in [4.78, 5) is 15.5. The fraction of sp³-hybridized carbons (Fsp3) is 0.0714. The topological polar surface area (TPSA) is 13.0 Å². The second-order valence-electron chi connectivity index (χ2n) is 26.3. The molecule has 0 aromatic heterocycles. The first-order chi connectivity index (χ1) is 45.2. The first-order valence-corrected chi connectivity index (χ1v) is 33.8. The molecule has 0 fully saturated rings. The Hall–Kier alpha value is -10.1. The van der Waals surface area contributed by atoms with Gasteiger partial charge in [-0.3, -0.25) is 0 Å². The van der Waals surface area contributed by atoms with Crippen LogP contribution in [-0.4, -0.2) is 13.4 Å². The van der Waals surface area contributed by atoms with Crippen LogP contribution in [0, 0.1) is 0 Å². The summed E-state index contributed by atoms with van der Waals surface area (Å²) in [7, 11) is 0. The van der Waals surface area contributed by atoms with Crippen molar-refractivity contribution < 1.29 is 0 Å². The minimum Gasteiger partial charge on any atom is -0.311 e. The van der Waals surface area contributed by atoms with Crippen LogP contribution in [0.1, 0.15) is 49.9 Å². The van der Waals surface area contributed by atoms with E-state index in [-0.39, 0.29) is 18.8 Å². The minimum atomic E-state index is -0.416. The molecule has 13 aromatic rings. The number of fused-ring (bicyclic) bond motifs is 16. The lowest BCUT2D eigenvalue weighted by atomic mass is 9.31. The molecule has 0 N–H and O–H groups in total. The molecule has 0 spiro atoms. The Morgan fingerprint density at radius 3 is 1.34 bits per heavy atom. The van der Waals surface area contributed by atoms with Gasteiger partial charge in [-0.05, 0) is 194 Å². The summed E-state index contributed by atoms with van der Waals surface area (Å²) >= 11 is 3.97. The fourth-order valence-electron chi connectivity index (χ4n) is 16.7. The van der Waals surface area contributed by atoms with Gasteiger partial charge in [0.15, 0.2) is 0 Å². The van der Waals surface area contributed by atoms with Gasteiger partial charge in [-0.2, -0.15) is 0 Å². The smallest absolute Gasteiger partial charge is 0.252 e. The van der Waals surface area contributed by atoms with Gasteiger partial charge in [0, 0.05) is 98.7 Å². The van der Waals surface area contributed by atoms with Crippen molar-refractivity contribution in [1.29, 1.82) is 0 Å². The Morgan fingerprint density at radius 2 is 0.772 bits per heavy atom. The molecular weight excluding hydrogens is 1150 g/mol. The first-order valence-electron chi connectivity index (χ1n) is 32.1. The lowest BCUT2D eigenvalue weighted by Gasteiger charge is -2.47. The number of benzene rings is 13. The van der Waals surface area contributed by atoms with Gasteiger partial charge in [-0.15, -0.1) is 0 Å². The Kier molecular flexibility index (Phi) is 11.8. The van der Waals surface area contributed by atoms with Gasteiger partial charge >= 0.3 is 0 Å². The van der Waals surface area contributed by atoms with E-state index >= 15 is 0 Å². The molecule has 0 atom stereocenters. The van der Waals surface area contributed by atoms with Gasteiger partial charge in [0.25, 0.3) is 6.71 Å². The van der Waals surface area contributed by atoms with E-state index in [0.29, 0.717) is 0 Å². The quantitative estimate of drug-likeness (QED) is 0.140. The van der Waals surface area contributed by atoms with Crippen LogP contribution in [0.3, 0.4) is 0 Å². The van der Waals surface area contributed by atoms with Crippen molar-refractivity contribution >= 4 is 138 Å². The molecule has 13 aromatic carbocycles. The van der Waals surface area contributed by atoms with Crippen LogP contribution in [0.5, 0.6) is 0 Å². The van der Waals surface area contributed by atoms with Crippen molar-refractivity contribution in [3.05, 3.63) is 313 Å². The maximum absolute atomic E-state index is 2.69. The second-order valence-corrected chi connectivity index (χ2v) is 28.4. The van der Waals surface area contributed by atoms with Crippen LogP contribution in [-0.2, 0) is 10.8 Å². The summed E-state index contributed by atoms with van der Waals surface area (Å²) in [5.41, 5.74) is 32.3. The van der Waals surface area contributed by atoms with E-state index in [9.17, 15) is 0 Å². The molecule has 4 nitrogen and oxygen atoms in total. The predicted molar refractivity (Wildman–Crippen MR) is 391 cm³/mol. The zero-order chi connectivity index (χ0) is 61.1. The van der Waals surface area contributed by atoms with Crippen molar-refractivity contribution in [2.45, 2.75) is 58.1 Å². The van der Waals surface area contributed by atoms with E-state index < -0.39 is 5.41 Å². The van der Waals surface area contributed by atoms with E-state index in [1.807, 2.05) is 23.5 Å². The van der Waals surface area contributed by atoms with Crippen molar-refractivity contribution in [3.63, 3.8) is 0 Å². The van der Waals surface area contributed by atoms with Crippen LogP contribution in [0.2, 0.25) is 0 Å². The van der Waals surface area contributed by atoms with E-state index in [1.54, 1.807) is 0 Å². The molecule has 0 saturated heterocycles. The van der Waals surface area contributed by atoms with E-state index in [0.717, 1.165) is 45.5 Å². The minimum absolute atomic E-state index is 0.0192. The number of anilines is 12. The molecule has 0 bridgehead atoms. The molecule has 6 aliphatic rings. The number of nitrogens with zero attached hydrogens (tertiary/aromatic N) is 4. The number of hydrogen-bond acceptors (Lipinski definition) is 6. The molecular formula is C84H60B2N4S2. The first kappa shape index (κ1) is 53.7. The summed E-state index contributed by atoms with van der Waals surface area (Å²) < 4.78 is 0. The highest BCUT2D eigenvalue weighted by molar-refractivity contribution is 8.01. The van der Waals surface area contributed by atoms with Crippen LogP contribution < -0.4 is 52.4 Å². The zero-order valence-electron chi connectivity index (χ0n) is 51.5.